The van der Waals surface area contributed by atoms with Gasteiger partial charge in [-0.05, 0) is 36.7 Å². The lowest BCUT2D eigenvalue weighted by Gasteiger charge is -2.42. The smallest absolute Gasteiger partial charge is 0.341 e. The predicted molar refractivity (Wildman–Crippen MR) is 105 cm³/mol. The standard InChI is InChI=1S/C24H28O3/c1-16(2)19-14-13-17(3)15-22(19)26-24(18-9-5-4-6-10-18)21-12-8-7-11-20(21)23(25)27-24/h4-12,16-17,19,22H,13-15H2,1-3H3/t17-,19-,22+,24-/m0/s1. The van der Waals surface area contributed by atoms with Crippen LogP contribution in [0, 0.1) is 17.8 Å². The Morgan fingerprint density at radius 3 is 2.48 bits per heavy atom. The van der Waals surface area contributed by atoms with Crippen LogP contribution >= 0.6 is 0 Å². The Labute approximate surface area is 161 Å². The van der Waals surface area contributed by atoms with Crippen LogP contribution in [0.1, 0.15) is 61.5 Å². The van der Waals surface area contributed by atoms with E-state index in [0.717, 1.165) is 24.0 Å². The molecule has 0 radical (unpaired) electrons. The summed E-state index contributed by atoms with van der Waals surface area (Å²) in [7, 11) is 0. The van der Waals surface area contributed by atoms with Crippen LogP contribution in [0.4, 0.5) is 0 Å². The molecule has 142 valence electrons. The summed E-state index contributed by atoms with van der Waals surface area (Å²) in [5.74, 6) is 0.157. The minimum Gasteiger partial charge on any atom is -0.420 e. The maximum absolute atomic E-state index is 12.7. The minimum atomic E-state index is -1.15. The fourth-order valence-corrected chi connectivity index (χ4v) is 4.68. The van der Waals surface area contributed by atoms with E-state index >= 15 is 0 Å². The Kier molecular flexibility index (Phi) is 4.81. The van der Waals surface area contributed by atoms with E-state index in [1.165, 1.54) is 6.42 Å². The number of ether oxygens (including phenoxy) is 2. The van der Waals surface area contributed by atoms with Crippen molar-refractivity contribution in [3.05, 3.63) is 71.3 Å². The maximum Gasteiger partial charge on any atom is 0.341 e. The molecule has 0 bridgehead atoms. The lowest BCUT2D eigenvalue weighted by atomic mass is 9.75. The molecule has 1 heterocycles. The molecule has 0 amide bonds. The quantitative estimate of drug-likeness (QED) is 0.669. The molecular weight excluding hydrogens is 336 g/mol. The number of hydrogen-bond donors (Lipinski definition) is 0. The molecule has 0 N–H and O–H groups in total. The lowest BCUT2D eigenvalue weighted by Crippen LogP contribution is -2.42. The number of cyclic esters (lactones) is 1. The molecule has 3 heteroatoms. The maximum atomic E-state index is 12.7. The summed E-state index contributed by atoms with van der Waals surface area (Å²) in [6.45, 7) is 6.82. The summed E-state index contributed by atoms with van der Waals surface area (Å²) in [4.78, 5) is 12.7. The molecule has 0 spiro atoms. The topological polar surface area (TPSA) is 35.5 Å². The van der Waals surface area contributed by atoms with Gasteiger partial charge in [-0.1, -0.05) is 75.7 Å². The number of fused-ring (bicyclic) bond motifs is 1. The van der Waals surface area contributed by atoms with E-state index in [1.54, 1.807) is 0 Å². The molecule has 3 nitrogen and oxygen atoms in total. The largest absolute Gasteiger partial charge is 0.420 e. The Hall–Kier alpha value is -2.13. The highest BCUT2D eigenvalue weighted by Gasteiger charge is 2.51. The van der Waals surface area contributed by atoms with Crippen LogP contribution in [-0.4, -0.2) is 12.1 Å². The summed E-state index contributed by atoms with van der Waals surface area (Å²) < 4.78 is 12.8. The van der Waals surface area contributed by atoms with Crippen LogP contribution in [-0.2, 0) is 15.3 Å². The Bertz CT molecular complexity index is 813. The molecule has 2 aromatic rings. The summed E-state index contributed by atoms with van der Waals surface area (Å²) in [6.07, 6.45) is 3.45. The fourth-order valence-electron chi connectivity index (χ4n) is 4.68. The SMILES string of the molecule is CC(C)[C@@H]1CC[C@H](C)C[C@H]1O[C@@]1(c2ccccc2)OC(=O)c2ccccc21. The van der Waals surface area contributed by atoms with Crippen LogP contribution in [0.2, 0.25) is 0 Å². The van der Waals surface area contributed by atoms with Crippen LogP contribution in [0.15, 0.2) is 54.6 Å². The first kappa shape index (κ1) is 18.2. The van der Waals surface area contributed by atoms with Crippen molar-refractivity contribution in [1.29, 1.82) is 0 Å². The highest BCUT2D eigenvalue weighted by molar-refractivity contribution is 5.95. The second kappa shape index (κ2) is 7.12. The highest BCUT2D eigenvalue weighted by Crippen LogP contribution is 2.47. The van der Waals surface area contributed by atoms with Crippen molar-refractivity contribution in [2.45, 2.75) is 51.9 Å². The third-order valence-corrected chi connectivity index (χ3v) is 6.17. The van der Waals surface area contributed by atoms with E-state index in [0.29, 0.717) is 23.3 Å². The van der Waals surface area contributed by atoms with E-state index in [4.69, 9.17) is 9.47 Å². The summed E-state index contributed by atoms with van der Waals surface area (Å²) in [6, 6.07) is 17.5. The molecule has 4 rings (SSSR count). The molecule has 2 aromatic carbocycles. The molecule has 0 saturated heterocycles. The zero-order valence-corrected chi connectivity index (χ0v) is 16.4. The molecule has 1 aliphatic carbocycles. The normalized spacial score (nSPS) is 30.2. The van der Waals surface area contributed by atoms with E-state index < -0.39 is 5.79 Å². The lowest BCUT2D eigenvalue weighted by molar-refractivity contribution is -0.226. The number of esters is 1. The van der Waals surface area contributed by atoms with Crippen molar-refractivity contribution in [1.82, 2.24) is 0 Å². The number of carbonyl (C=O) groups is 1. The van der Waals surface area contributed by atoms with E-state index in [-0.39, 0.29) is 12.1 Å². The zero-order valence-electron chi connectivity index (χ0n) is 16.4. The Morgan fingerprint density at radius 1 is 1.04 bits per heavy atom. The van der Waals surface area contributed by atoms with Gasteiger partial charge in [-0.15, -0.1) is 0 Å². The van der Waals surface area contributed by atoms with Gasteiger partial charge in [-0.25, -0.2) is 4.79 Å². The zero-order chi connectivity index (χ0) is 19.0. The van der Waals surface area contributed by atoms with E-state index in [1.807, 2.05) is 54.6 Å². The minimum absolute atomic E-state index is 0.0629. The van der Waals surface area contributed by atoms with Gasteiger partial charge in [0, 0.05) is 11.1 Å². The van der Waals surface area contributed by atoms with Gasteiger partial charge in [0.1, 0.15) is 0 Å². The molecule has 27 heavy (non-hydrogen) atoms. The molecule has 0 unspecified atom stereocenters. The number of hydrogen-bond acceptors (Lipinski definition) is 3. The molecule has 1 saturated carbocycles. The number of rotatable bonds is 4. The van der Waals surface area contributed by atoms with Crippen LogP contribution < -0.4 is 0 Å². The molecule has 1 fully saturated rings. The average Bonchev–Trinajstić information content (AvgIpc) is 2.96. The van der Waals surface area contributed by atoms with Crippen LogP contribution in [0.3, 0.4) is 0 Å². The molecular formula is C24H28O3. The average molecular weight is 364 g/mol. The van der Waals surface area contributed by atoms with Gasteiger partial charge in [0.25, 0.3) is 5.79 Å². The molecule has 2 aliphatic rings. The summed E-state index contributed by atoms with van der Waals surface area (Å²) >= 11 is 0. The van der Waals surface area contributed by atoms with Crippen molar-refractivity contribution in [3.8, 4) is 0 Å². The van der Waals surface area contributed by atoms with Gasteiger partial charge in [0.05, 0.1) is 11.7 Å². The first-order valence-electron chi connectivity index (χ1n) is 10.1. The van der Waals surface area contributed by atoms with Crippen LogP contribution in [0.5, 0.6) is 0 Å². The van der Waals surface area contributed by atoms with E-state index in [9.17, 15) is 4.79 Å². The van der Waals surface area contributed by atoms with Gasteiger partial charge in [0.15, 0.2) is 0 Å². The first-order valence-corrected chi connectivity index (χ1v) is 10.1. The van der Waals surface area contributed by atoms with Gasteiger partial charge in [-0.2, -0.15) is 0 Å². The Morgan fingerprint density at radius 2 is 1.74 bits per heavy atom. The molecule has 1 aliphatic heterocycles. The summed E-state index contributed by atoms with van der Waals surface area (Å²) in [5, 5.41) is 0. The van der Waals surface area contributed by atoms with Gasteiger partial charge < -0.3 is 9.47 Å². The highest BCUT2D eigenvalue weighted by atomic mass is 16.7. The van der Waals surface area contributed by atoms with Crippen molar-refractivity contribution in [2.75, 3.05) is 0 Å². The predicted octanol–water partition coefficient (Wildman–Crippen LogP) is 5.54. The number of benzene rings is 2. The first-order chi connectivity index (χ1) is 13.0. The van der Waals surface area contributed by atoms with Gasteiger partial charge >= 0.3 is 5.97 Å². The van der Waals surface area contributed by atoms with E-state index in [2.05, 4.69) is 20.8 Å². The van der Waals surface area contributed by atoms with Crippen molar-refractivity contribution in [2.24, 2.45) is 17.8 Å². The fraction of sp³-hybridized carbons (Fsp3) is 0.458. The third kappa shape index (κ3) is 3.19. The number of carbonyl (C=O) groups excluding carboxylic acids is 1. The van der Waals surface area contributed by atoms with Crippen LogP contribution in [0.25, 0.3) is 0 Å². The summed E-state index contributed by atoms with van der Waals surface area (Å²) in [5.41, 5.74) is 2.30. The van der Waals surface area contributed by atoms with Crippen molar-refractivity contribution >= 4 is 5.97 Å². The van der Waals surface area contributed by atoms with Gasteiger partial charge in [-0.3, -0.25) is 0 Å². The Balaban J connectivity index is 1.80. The van der Waals surface area contributed by atoms with Crippen molar-refractivity contribution in [3.63, 3.8) is 0 Å². The second-order valence-electron chi connectivity index (χ2n) is 8.40. The molecule has 4 atom stereocenters. The monoisotopic (exact) mass is 364 g/mol. The van der Waals surface area contributed by atoms with Crippen molar-refractivity contribution < 1.29 is 14.3 Å². The third-order valence-electron chi connectivity index (χ3n) is 6.17. The second-order valence-corrected chi connectivity index (χ2v) is 8.40. The molecule has 0 aromatic heterocycles. The van der Waals surface area contributed by atoms with Gasteiger partial charge in [0.2, 0.25) is 0 Å².